The monoisotopic (exact) mass is 332 g/mol. The highest BCUT2D eigenvalue weighted by atomic mass is 16.3. The van der Waals surface area contributed by atoms with E-state index in [4.69, 9.17) is 0 Å². The van der Waals surface area contributed by atoms with Crippen molar-refractivity contribution in [2.45, 2.75) is 77.9 Å². The number of carbonyl (C=O) groups is 1. The molecule has 8 atom stereocenters. The second-order valence-electron chi connectivity index (χ2n) is 9.59. The van der Waals surface area contributed by atoms with Crippen LogP contribution in [-0.4, -0.2) is 28.2 Å². The van der Waals surface area contributed by atoms with Gasteiger partial charge in [-0.05, 0) is 86.7 Å². The zero-order chi connectivity index (χ0) is 17.3. The summed E-state index contributed by atoms with van der Waals surface area (Å²) in [6, 6.07) is 0. The van der Waals surface area contributed by atoms with Crippen molar-refractivity contribution < 1.29 is 15.0 Å². The molecule has 3 heteroatoms. The molecule has 0 aliphatic heterocycles. The van der Waals surface area contributed by atoms with Crippen LogP contribution in [0.15, 0.2) is 11.6 Å². The lowest BCUT2D eigenvalue weighted by Crippen LogP contribution is -2.55. The van der Waals surface area contributed by atoms with E-state index in [1.165, 1.54) is 6.42 Å². The maximum atomic E-state index is 12.1. The van der Waals surface area contributed by atoms with E-state index in [-0.39, 0.29) is 23.2 Å². The Kier molecular flexibility index (Phi) is 3.78. The maximum Gasteiger partial charge on any atom is 0.156 e. The first-order chi connectivity index (χ1) is 11.3. The molecule has 0 saturated heterocycles. The number of hydrogen-bond donors (Lipinski definition) is 2. The number of ketones is 1. The van der Waals surface area contributed by atoms with Gasteiger partial charge in [-0.15, -0.1) is 0 Å². The van der Waals surface area contributed by atoms with Crippen molar-refractivity contribution >= 4 is 5.78 Å². The van der Waals surface area contributed by atoms with Crippen LogP contribution >= 0.6 is 0 Å². The number of aliphatic hydroxyl groups excluding tert-OH is 2. The van der Waals surface area contributed by atoms with E-state index in [0.29, 0.717) is 23.2 Å². The van der Waals surface area contributed by atoms with Crippen molar-refractivity contribution in [1.29, 1.82) is 0 Å². The van der Waals surface area contributed by atoms with E-state index < -0.39 is 6.10 Å². The Morgan fingerprint density at radius 1 is 1.12 bits per heavy atom. The highest BCUT2D eigenvalue weighted by Gasteiger charge is 2.61. The molecule has 4 rings (SSSR count). The fraction of sp³-hybridized carbons (Fsp3) is 0.857. The molecule has 0 spiro atoms. The summed E-state index contributed by atoms with van der Waals surface area (Å²) >= 11 is 0. The summed E-state index contributed by atoms with van der Waals surface area (Å²) in [5.74, 6) is 2.13. The lowest BCUT2D eigenvalue weighted by atomic mass is 9.44. The van der Waals surface area contributed by atoms with Gasteiger partial charge in [0.25, 0.3) is 0 Å². The number of fused-ring (bicyclic) bond motifs is 5. The standard InChI is InChI=1S/C21H32O3/c1-12(22)17-11-18(24)19-15-5-4-13-10-14(23)6-8-20(13,2)16(15)7-9-21(17,19)3/h11,13-16,18-19,23-24H,4-10H2,1-3H3/t13-,14-,15+,16-,18+,19+,20-,21+/m0/s1. The molecule has 24 heavy (non-hydrogen) atoms. The molecular formula is C21H32O3. The van der Waals surface area contributed by atoms with Crippen LogP contribution in [-0.2, 0) is 4.79 Å². The summed E-state index contributed by atoms with van der Waals surface area (Å²) in [4.78, 5) is 12.1. The van der Waals surface area contributed by atoms with E-state index in [0.717, 1.165) is 44.1 Å². The number of carbonyl (C=O) groups excluding carboxylic acids is 1. The Bertz CT molecular complexity index is 582. The molecule has 0 amide bonds. The quantitative estimate of drug-likeness (QED) is 0.773. The Balaban J connectivity index is 1.66. The second-order valence-corrected chi connectivity index (χ2v) is 9.59. The van der Waals surface area contributed by atoms with Crippen LogP contribution in [0.25, 0.3) is 0 Å². The van der Waals surface area contributed by atoms with Crippen LogP contribution in [0.3, 0.4) is 0 Å². The molecule has 0 unspecified atom stereocenters. The minimum Gasteiger partial charge on any atom is -0.393 e. The van der Waals surface area contributed by atoms with Gasteiger partial charge in [-0.3, -0.25) is 4.79 Å². The Morgan fingerprint density at radius 3 is 2.58 bits per heavy atom. The molecule has 3 fully saturated rings. The fourth-order valence-electron chi connectivity index (χ4n) is 7.41. The minimum absolute atomic E-state index is 0.114. The largest absolute Gasteiger partial charge is 0.393 e. The molecule has 0 heterocycles. The summed E-state index contributed by atoms with van der Waals surface area (Å²) in [7, 11) is 0. The van der Waals surface area contributed by atoms with Gasteiger partial charge in [-0.2, -0.15) is 0 Å². The number of hydrogen-bond acceptors (Lipinski definition) is 3. The van der Waals surface area contributed by atoms with Crippen molar-refractivity contribution in [2.24, 2.45) is 34.5 Å². The van der Waals surface area contributed by atoms with Crippen LogP contribution in [0.1, 0.15) is 65.7 Å². The molecule has 0 aromatic rings. The first-order valence-electron chi connectivity index (χ1n) is 9.87. The van der Waals surface area contributed by atoms with E-state index >= 15 is 0 Å². The molecule has 3 saturated carbocycles. The maximum absolute atomic E-state index is 12.1. The Hall–Kier alpha value is -0.670. The molecule has 4 aliphatic rings. The summed E-state index contributed by atoms with van der Waals surface area (Å²) in [5, 5.41) is 20.9. The summed E-state index contributed by atoms with van der Waals surface area (Å²) in [5.41, 5.74) is 1.05. The first kappa shape index (κ1) is 16.8. The zero-order valence-electron chi connectivity index (χ0n) is 15.3. The zero-order valence-corrected chi connectivity index (χ0v) is 15.3. The lowest BCUT2D eigenvalue weighted by molar-refractivity contribution is -0.135. The molecule has 0 radical (unpaired) electrons. The van der Waals surface area contributed by atoms with Crippen molar-refractivity contribution in [3.63, 3.8) is 0 Å². The second kappa shape index (κ2) is 5.41. The minimum atomic E-state index is -0.462. The highest BCUT2D eigenvalue weighted by Crippen LogP contribution is 2.66. The summed E-state index contributed by atoms with van der Waals surface area (Å²) in [6.07, 6.45) is 8.80. The number of Topliss-reactive ketones (excluding diaryl/α,β-unsaturated/α-hetero) is 1. The average molecular weight is 332 g/mol. The average Bonchev–Trinajstić information content (AvgIpc) is 2.80. The molecule has 0 bridgehead atoms. The summed E-state index contributed by atoms with van der Waals surface area (Å²) in [6.45, 7) is 6.32. The lowest BCUT2D eigenvalue weighted by Gasteiger charge is -2.61. The van der Waals surface area contributed by atoms with Gasteiger partial charge in [0.1, 0.15) is 0 Å². The van der Waals surface area contributed by atoms with Crippen LogP contribution in [0, 0.1) is 34.5 Å². The third-order valence-electron chi connectivity index (χ3n) is 8.59. The molecule has 4 aliphatic carbocycles. The van der Waals surface area contributed by atoms with Crippen molar-refractivity contribution in [1.82, 2.24) is 0 Å². The SMILES string of the molecule is CC(=O)C1=C[C@@H](O)[C@H]2[C@@H]3CC[C@H]4C[C@@H](O)CC[C@]4(C)[C@H]3CC[C@]12C. The molecular weight excluding hydrogens is 300 g/mol. The van der Waals surface area contributed by atoms with Crippen molar-refractivity contribution in [2.75, 3.05) is 0 Å². The smallest absolute Gasteiger partial charge is 0.156 e. The predicted octanol–water partition coefficient (Wildman–Crippen LogP) is 3.49. The van der Waals surface area contributed by atoms with Gasteiger partial charge < -0.3 is 10.2 Å². The normalized spacial score (nSPS) is 53.6. The van der Waals surface area contributed by atoms with E-state index in [2.05, 4.69) is 13.8 Å². The third-order valence-corrected chi connectivity index (χ3v) is 8.59. The molecule has 0 aromatic carbocycles. The van der Waals surface area contributed by atoms with Gasteiger partial charge in [-0.25, -0.2) is 0 Å². The van der Waals surface area contributed by atoms with Crippen molar-refractivity contribution in [3.8, 4) is 0 Å². The number of aliphatic hydroxyl groups is 2. The molecule has 134 valence electrons. The predicted molar refractivity (Wildman–Crippen MR) is 93.3 cm³/mol. The third kappa shape index (κ3) is 2.13. The van der Waals surface area contributed by atoms with E-state index in [9.17, 15) is 15.0 Å². The highest BCUT2D eigenvalue weighted by molar-refractivity contribution is 5.95. The van der Waals surface area contributed by atoms with Crippen LogP contribution in [0.5, 0.6) is 0 Å². The number of allylic oxidation sites excluding steroid dienone is 1. The van der Waals surface area contributed by atoms with E-state index in [1.54, 1.807) is 6.92 Å². The Labute approximate surface area is 145 Å². The molecule has 3 nitrogen and oxygen atoms in total. The van der Waals surface area contributed by atoms with Crippen molar-refractivity contribution in [3.05, 3.63) is 11.6 Å². The van der Waals surface area contributed by atoms with Gasteiger partial charge in [0.05, 0.1) is 12.2 Å². The Morgan fingerprint density at radius 2 is 1.88 bits per heavy atom. The van der Waals surface area contributed by atoms with Crippen LogP contribution in [0.4, 0.5) is 0 Å². The fourth-order valence-corrected chi connectivity index (χ4v) is 7.41. The number of rotatable bonds is 1. The van der Waals surface area contributed by atoms with Gasteiger partial charge in [0, 0.05) is 11.3 Å². The first-order valence-corrected chi connectivity index (χ1v) is 9.87. The van der Waals surface area contributed by atoms with Gasteiger partial charge in [0.2, 0.25) is 0 Å². The van der Waals surface area contributed by atoms with Crippen LogP contribution in [0.2, 0.25) is 0 Å². The molecule has 0 aromatic heterocycles. The topological polar surface area (TPSA) is 57.5 Å². The van der Waals surface area contributed by atoms with Gasteiger partial charge in [-0.1, -0.05) is 13.8 Å². The van der Waals surface area contributed by atoms with Gasteiger partial charge >= 0.3 is 0 Å². The van der Waals surface area contributed by atoms with E-state index in [1.807, 2.05) is 6.08 Å². The molecule has 2 N–H and O–H groups in total. The summed E-state index contributed by atoms with van der Waals surface area (Å²) < 4.78 is 0. The van der Waals surface area contributed by atoms with Gasteiger partial charge in [0.15, 0.2) is 5.78 Å². The van der Waals surface area contributed by atoms with Crippen LogP contribution < -0.4 is 0 Å².